The van der Waals surface area contributed by atoms with Crippen molar-refractivity contribution in [2.75, 3.05) is 44.9 Å². The predicted octanol–water partition coefficient (Wildman–Crippen LogP) is 2.09. The van der Waals surface area contributed by atoms with E-state index in [0.717, 1.165) is 63.3 Å². The fourth-order valence-electron chi connectivity index (χ4n) is 4.67. The molecule has 2 saturated heterocycles. The Bertz CT molecular complexity index is 691. The van der Waals surface area contributed by atoms with E-state index in [2.05, 4.69) is 15.9 Å². The molecule has 0 N–H and O–H groups in total. The van der Waals surface area contributed by atoms with Crippen LogP contribution in [-0.2, 0) is 9.59 Å². The highest BCUT2D eigenvalue weighted by atomic mass is 16.5. The molecule has 2 heterocycles. The Morgan fingerprint density at radius 3 is 2.42 bits per heavy atom. The Hall–Kier alpha value is -2.08. The Balaban J connectivity index is 1.37. The molecule has 1 aromatic rings. The molecule has 3 fully saturated rings. The summed E-state index contributed by atoms with van der Waals surface area (Å²) in [6.07, 6.45) is 4.34. The Morgan fingerprint density at radius 2 is 1.73 bits per heavy atom. The summed E-state index contributed by atoms with van der Waals surface area (Å²) in [5, 5.41) is 0. The van der Waals surface area contributed by atoms with Crippen LogP contribution < -0.4 is 9.64 Å². The molecule has 1 aromatic carbocycles. The number of hydrogen-bond donors (Lipinski definition) is 0. The number of para-hydroxylation sites is 2. The third-order valence-electron chi connectivity index (χ3n) is 6.19. The number of nitrogens with zero attached hydrogens (tertiary/aromatic N) is 3. The second-order valence-electron chi connectivity index (χ2n) is 7.71. The van der Waals surface area contributed by atoms with Gasteiger partial charge in [0.25, 0.3) is 0 Å². The molecule has 2 aliphatic heterocycles. The van der Waals surface area contributed by atoms with Crippen molar-refractivity contribution in [1.82, 2.24) is 9.80 Å². The summed E-state index contributed by atoms with van der Waals surface area (Å²) in [5.41, 5.74) is 0.740. The van der Waals surface area contributed by atoms with Gasteiger partial charge in [0.2, 0.25) is 11.8 Å². The summed E-state index contributed by atoms with van der Waals surface area (Å²) in [7, 11) is 1.69. The first kappa shape index (κ1) is 17.3. The number of ether oxygens (including phenoxy) is 1. The van der Waals surface area contributed by atoms with Gasteiger partial charge < -0.3 is 9.64 Å². The van der Waals surface area contributed by atoms with E-state index in [9.17, 15) is 9.59 Å². The smallest absolute Gasteiger partial charge is 0.237 e. The van der Waals surface area contributed by atoms with E-state index in [4.69, 9.17) is 4.74 Å². The summed E-state index contributed by atoms with van der Waals surface area (Å²) in [5.74, 6) is 0.977. The summed E-state index contributed by atoms with van der Waals surface area (Å²) >= 11 is 0. The largest absolute Gasteiger partial charge is 0.495 e. The van der Waals surface area contributed by atoms with Gasteiger partial charge in [0.15, 0.2) is 0 Å². The molecule has 2 amide bonds. The monoisotopic (exact) mass is 357 g/mol. The van der Waals surface area contributed by atoms with Crippen LogP contribution in [0.3, 0.4) is 0 Å². The first-order valence-electron chi connectivity index (χ1n) is 9.58. The van der Waals surface area contributed by atoms with Crippen LogP contribution in [0.5, 0.6) is 5.75 Å². The van der Waals surface area contributed by atoms with Gasteiger partial charge in [-0.15, -0.1) is 0 Å². The minimum Gasteiger partial charge on any atom is -0.495 e. The molecular formula is C20H27N3O3. The number of carbonyl (C=O) groups is 2. The van der Waals surface area contributed by atoms with Crippen LogP contribution in [0.4, 0.5) is 5.69 Å². The normalized spacial score (nSPS) is 23.3. The number of amides is 2. The fourth-order valence-corrected chi connectivity index (χ4v) is 4.67. The van der Waals surface area contributed by atoms with Gasteiger partial charge in [0.1, 0.15) is 5.75 Å². The second-order valence-corrected chi connectivity index (χ2v) is 7.71. The number of methoxy groups -OCH3 is 1. The quantitative estimate of drug-likeness (QED) is 0.773. The number of likely N-dealkylation sites (tertiary alicyclic amines) is 1. The van der Waals surface area contributed by atoms with E-state index in [1.165, 1.54) is 4.90 Å². The maximum atomic E-state index is 12.8. The first-order chi connectivity index (χ1) is 12.6. The molecule has 3 aliphatic rings. The molecule has 1 aliphatic carbocycles. The third kappa shape index (κ3) is 2.96. The molecule has 1 saturated carbocycles. The standard InChI is InChI=1S/C20H27N3O3/c1-26-17-7-3-2-6-16(17)22-12-10-21(11-13-22)15-23-18(24)14-20(19(23)25)8-4-5-9-20/h2-3,6-7H,4-5,8-15H2,1H3. The maximum absolute atomic E-state index is 12.8. The average molecular weight is 357 g/mol. The van der Waals surface area contributed by atoms with Crippen molar-refractivity contribution in [3.05, 3.63) is 24.3 Å². The number of hydrogen-bond acceptors (Lipinski definition) is 5. The lowest BCUT2D eigenvalue weighted by molar-refractivity contribution is -0.143. The van der Waals surface area contributed by atoms with Crippen molar-refractivity contribution >= 4 is 17.5 Å². The minimum atomic E-state index is -0.365. The fraction of sp³-hybridized carbons (Fsp3) is 0.600. The predicted molar refractivity (Wildman–Crippen MR) is 99.0 cm³/mol. The molecule has 6 heteroatoms. The number of anilines is 1. The minimum absolute atomic E-state index is 0.0176. The van der Waals surface area contributed by atoms with E-state index in [1.807, 2.05) is 18.2 Å². The molecule has 0 atom stereocenters. The molecule has 140 valence electrons. The van der Waals surface area contributed by atoms with Crippen molar-refractivity contribution < 1.29 is 14.3 Å². The highest BCUT2D eigenvalue weighted by Crippen LogP contribution is 2.46. The third-order valence-corrected chi connectivity index (χ3v) is 6.19. The zero-order valence-electron chi connectivity index (χ0n) is 15.4. The summed E-state index contributed by atoms with van der Waals surface area (Å²) < 4.78 is 5.46. The van der Waals surface area contributed by atoms with Crippen LogP contribution >= 0.6 is 0 Å². The summed E-state index contributed by atoms with van der Waals surface area (Å²) in [4.78, 5) is 31.3. The molecule has 4 rings (SSSR count). The number of piperazine rings is 1. The van der Waals surface area contributed by atoms with E-state index in [-0.39, 0.29) is 17.2 Å². The Labute approximate surface area is 154 Å². The van der Waals surface area contributed by atoms with E-state index in [1.54, 1.807) is 7.11 Å². The molecular weight excluding hydrogens is 330 g/mol. The van der Waals surface area contributed by atoms with Crippen molar-refractivity contribution in [2.45, 2.75) is 32.1 Å². The topological polar surface area (TPSA) is 53.1 Å². The molecule has 1 spiro atoms. The summed E-state index contributed by atoms with van der Waals surface area (Å²) in [6.45, 7) is 3.84. The van der Waals surface area contributed by atoms with Crippen LogP contribution in [0, 0.1) is 5.41 Å². The lowest BCUT2D eigenvalue weighted by Gasteiger charge is -2.38. The lowest BCUT2D eigenvalue weighted by Crippen LogP contribution is -2.51. The van der Waals surface area contributed by atoms with E-state index < -0.39 is 0 Å². The van der Waals surface area contributed by atoms with Gasteiger partial charge in [-0.2, -0.15) is 0 Å². The number of rotatable bonds is 4. The molecule has 26 heavy (non-hydrogen) atoms. The van der Waals surface area contributed by atoms with E-state index in [0.29, 0.717) is 13.1 Å². The van der Waals surface area contributed by atoms with Crippen molar-refractivity contribution in [1.29, 1.82) is 0 Å². The van der Waals surface area contributed by atoms with Gasteiger partial charge in [0.05, 0.1) is 24.9 Å². The van der Waals surface area contributed by atoms with Gasteiger partial charge in [-0.1, -0.05) is 25.0 Å². The zero-order valence-corrected chi connectivity index (χ0v) is 15.4. The van der Waals surface area contributed by atoms with Gasteiger partial charge >= 0.3 is 0 Å². The highest BCUT2D eigenvalue weighted by Gasteiger charge is 2.52. The van der Waals surface area contributed by atoms with Gasteiger partial charge in [0, 0.05) is 32.6 Å². The number of carbonyl (C=O) groups excluding carboxylic acids is 2. The Morgan fingerprint density at radius 1 is 1.04 bits per heavy atom. The average Bonchev–Trinajstić information content (AvgIpc) is 3.23. The van der Waals surface area contributed by atoms with Crippen LogP contribution in [0.1, 0.15) is 32.1 Å². The van der Waals surface area contributed by atoms with Gasteiger partial charge in [-0.25, -0.2) is 0 Å². The van der Waals surface area contributed by atoms with Crippen molar-refractivity contribution in [3.63, 3.8) is 0 Å². The SMILES string of the molecule is COc1ccccc1N1CCN(CN2C(=O)CC3(CCCC3)C2=O)CC1. The summed E-state index contributed by atoms with van der Waals surface area (Å²) in [6, 6.07) is 8.05. The van der Waals surface area contributed by atoms with Crippen LogP contribution in [-0.4, -0.2) is 61.6 Å². The molecule has 0 bridgehead atoms. The van der Waals surface area contributed by atoms with Crippen LogP contribution in [0.25, 0.3) is 0 Å². The number of imide groups is 1. The Kier molecular flexibility index (Phi) is 4.61. The van der Waals surface area contributed by atoms with E-state index >= 15 is 0 Å². The molecule has 6 nitrogen and oxygen atoms in total. The number of benzene rings is 1. The highest BCUT2D eigenvalue weighted by molar-refractivity contribution is 6.06. The van der Waals surface area contributed by atoms with Crippen LogP contribution in [0.2, 0.25) is 0 Å². The molecule has 0 radical (unpaired) electrons. The van der Waals surface area contributed by atoms with Gasteiger partial charge in [-0.05, 0) is 25.0 Å². The van der Waals surface area contributed by atoms with Crippen molar-refractivity contribution in [3.8, 4) is 5.75 Å². The zero-order chi connectivity index (χ0) is 18.1. The molecule has 0 aromatic heterocycles. The molecule has 0 unspecified atom stereocenters. The first-order valence-corrected chi connectivity index (χ1v) is 9.58. The van der Waals surface area contributed by atoms with Crippen molar-refractivity contribution in [2.24, 2.45) is 5.41 Å². The maximum Gasteiger partial charge on any atom is 0.237 e. The lowest BCUT2D eigenvalue weighted by atomic mass is 9.85. The van der Waals surface area contributed by atoms with Gasteiger partial charge in [-0.3, -0.25) is 19.4 Å². The van der Waals surface area contributed by atoms with Crippen LogP contribution in [0.15, 0.2) is 24.3 Å². The second kappa shape index (κ2) is 6.91.